The van der Waals surface area contributed by atoms with Gasteiger partial charge in [0.1, 0.15) is 17.3 Å². The number of fused-ring (bicyclic) bond motifs is 1. The van der Waals surface area contributed by atoms with Crippen LogP contribution in [0.25, 0.3) is 11.5 Å². The van der Waals surface area contributed by atoms with E-state index in [9.17, 15) is 9.18 Å². The monoisotopic (exact) mass is 650 g/mol. The molecule has 0 spiro atoms. The second-order valence-corrected chi connectivity index (χ2v) is 12.5. The van der Waals surface area contributed by atoms with E-state index < -0.39 is 17.6 Å². The molecule has 3 aliphatic rings. The molecule has 0 amide bonds. The summed E-state index contributed by atoms with van der Waals surface area (Å²) >= 11 is 5.99. The molecule has 0 aliphatic carbocycles. The Balaban J connectivity index is 1.07. The fraction of sp³-hybridized carbons (Fsp3) is 0.441. The molecule has 2 aromatic heterocycles. The van der Waals surface area contributed by atoms with Crippen molar-refractivity contribution in [2.45, 2.75) is 70.9 Å². The van der Waals surface area contributed by atoms with E-state index in [0.717, 1.165) is 56.0 Å². The lowest BCUT2D eigenvalue weighted by Gasteiger charge is -2.33. The highest BCUT2D eigenvalue weighted by Crippen LogP contribution is 2.50. The summed E-state index contributed by atoms with van der Waals surface area (Å²) in [6, 6.07) is 10.4. The van der Waals surface area contributed by atoms with Crippen LogP contribution in [0.1, 0.15) is 72.4 Å². The molecule has 0 bridgehead atoms. The largest absolute Gasteiger partial charge is 0.459 e. The second kappa shape index (κ2) is 12.4. The summed E-state index contributed by atoms with van der Waals surface area (Å²) in [5.74, 6) is 0.432. The minimum absolute atomic E-state index is 0.0860. The summed E-state index contributed by atoms with van der Waals surface area (Å²) in [5.41, 5.74) is 2.96. The summed E-state index contributed by atoms with van der Waals surface area (Å²) in [6.45, 7) is 9.54. The number of likely N-dealkylation sites (tertiary alicyclic amines) is 1. The average molecular weight is 651 g/mol. The van der Waals surface area contributed by atoms with Gasteiger partial charge in [-0.2, -0.15) is 0 Å². The predicted octanol–water partition coefficient (Wildman–Crippen LogP) is 6.63. The van der Waals surface area contributed by atoms with E-state index in [2.05, 4.69) is 20.5 Å². The van der Waals surface area contributed by atoms with E-state index in [-0.39, 0.29) is 24.5 Å². The Morgan fingerprint density at radius 1 is 1.17 bits per heavy atom. The maximum Gasteiger partial charge on any atom is 0.394 e. The van der Waals surface area contributed by atoms with Crippen LogP contribution < -0.4 is 9.47 Å². The van der Waals surface area contributed by atoms with Crippen molar-refractivity contribution in [1.29, 1.82) is 0 Å². The van der Waals surface area contributed by atoms with Gasteiger partial charge in [-0.15, -0.1) is 0 Å². The van der Waals surface area contributed by atoms with Gasteiger partial charge in [-0.05, 0) is 76.4 Å². The number of imidazole rings is 1. The summed E-state index contributed by atoms with van der Waals surface area (Å²) in [6.07, 6.45) is 4.50. The van der Waals surface area contributed by atoms with E-state index in [1.807, 2.05) is 19.1 Å². The lowest BCUT2D eigenvalue weighted by atomic mass is 9.88. The van der Waals surface area contributed by atoms with E-state index in [4.69, 9.17) is 39.9 Å². The Labute approximate surface area is 271 Å². The van der Waals surface area contributed by atoms with Crippen LogP contribution in [-0.2, 0) is 28.4 Å². The Bertz CT molecular complexity index is 1760. The SMILES string of the molecule is CCOC(=O)c1ncc(-c2nc(CN3CCC(c4cccc5c4O[C@@](C)(c4ccc(Cl)cc4F)O5)CC3)n(C[C@@H]3CCO3)c2C)o1. The van der Waals surface area contributed by atoms with Crippen molar-refractivity contribution in [1.82, 2.24) is 19.4 Å². The van der Waals surface area contributed by atoms with Gasteiger partial charge in [-0.25, -0.2) is 19.2 Å². The summed E-state index contributed by atoms with van der Waals surface area (Å²) in [4.78, 5) is 23.7. The number of hydrogen-bond acceptors (Lipinski definition) is 9. The smallest absolute Gasteiger partial charge is 0.394 e. The molecule has 2 fully saturated rings. The summed E-state index contributed by atoms with van der Waals surface area (Å²) in [7, 11) is 0. The van der Waals surface area contributed by atoms with Crippen LogP contribution in [0.4, 0.5) is 4.39 Å². The van der Waals surface area contributed by atoms with Crippen LogP contribution in [0.3, 0.4) is 0 Å². The zero-order chi connectivity index (χ0) is 32.0. The normalized spacial score (nSPS) is 21.4. The molecule has 2 aromatic carbocycles. The second-order valence-electron chi connectivity index (χ2n) is 12.1. The lowest BCUT2D eigenvalue weighted by Crippen LogP contribution is -2.35. The summed E-state index contributed by atoms with van der Waals surface area (Å²) < 4.78 is 46.2. The molecule has 0 N–H and O–H groups in total. The molecular weight excluding hydrogens is 615 g/mol. The quantitative estimate of drug-likeness (QED) is 0.185. The number of aromatic nitrogens is 3. The number of para-hydroxylation sites is 1. The fourth-order valence-corrected chi connectivity index (χ4v) is 6.69. The first-order valence-corrected chi connectivity index (χ1v) is 16.1. The number of halogens is 2. The molecular formula is C34H36ClFN4O6. The molecule has 7 rings (SSSR count). The van der Waals surface area contributed by atoms with Gasteiger partial charge in [0, 0.05) is 29.8 Å². The van der Waals surface area contributed by atoms with Crippen LogP contribution in [0.2, 0.25) is 5.02 Å². The zero-order valence-corrected chi connectivity index (χ0v) is 26.8. The van der Waals surface area contributed by atoms with E-state index in [1.165, 1.54) is 12.3 Å². The first kappa shape index (κ1) is 30.7. The van der Waals surface area contributed by atoms with E-state index >= 15 is 0 Å². The third-order valence-electron chi connectivity index (χ3n) is 9.09. The first-order chi connectivity index (χ1) is 22.2. The number of nitrogens with zero attached hydrogens (tertiary/aromatic N) is 4. The third kappa shape index (κ3) is 5.76. The van der Waals surface area contributed by atoms with Crippen molar-refractivity contribution in [3.05, 3.63) is 82.0 Å². The summed E-state index contributed by atoms with van der Waals surface area (Å²) in [5, 5.41) is 0.319. The van der Waals surface area contributed by atoms with Crippen molar-refractivity contribution in [2.75, 3.05) is 26.3 Å². The van der Waals surface area contributed by atoms with Crippen molar-refractivity contribution in [3.8, 4) is 23.0 Å². The minimum Gasteiger partial charge on any atom is -0.459 e. The van der Waals surface area contributed by atoms with Gasteiger partial charge in [0.2, 0.25) is 0 Å². The van der Waals surface area contributed by atoms with Crippen LogP contribution in [0.5, 0.6) is 11.5 Å². The number of carbonyl (C=O) groups is 1. The first-order valence-electron chi connectivity index (χ1n) is 15.7. The predicted molar refractivity (Wildman–Crippen MR) is 166 cm³/mol. The fourth-order valence-electron chi connectivity index (χ4n) is 6.53. The Hall–Kier alpha value is -3.93. The molecule has 0 unspecified atom stereocenters. The number of carbonyl (C=O) groups excluding carboxylic acids is 1. The lowest BCUT2D eigenvalue weighted by molar-refractivity contribution is -0.0712. The number of ether oxygens (including phenoxy) is 4. The number of hydrogen-bond donors (Lipinski definition) is 0. The van der Waals surface area contributed by atoms with Gasteiger partial charge in [-0.3, -0.25) is 4.90 Å². The Morgan fingerprint density at radius 2 is 1.98 bits per heavy atom. The molecule has 2 saturated heterocycles. The zero-order valence-electron chi connectivity index (χ0n) is 26.1. The molecule has 3 aliphatic heterocycles. The molecule has 12 heteroatoms. The van der Waals surface area contributed by atoms with E-state index in [0.29, 0.717) is 46.6 Å². The standard InChI is InChI=1S/C34H36ClFN4O6/c1-4-42-33(41)32-37-17-28(44-32)30-20(2)40(18-23-12-15-43-23)29(38-30)19-39-13-10-21(11-14-39)24-6-5-7-27-31(24)46-34(3,45-27)25-9-8-22(35)16-26(25)36/h5-9,16-17,21,23H,4,10-15,18-19H2,1-3H3/t23-,34-/m0/s1. The topological polar surface area (TPSA) is 101 Å². The highest BCUT2D eigenvalue weighted by atomic mass is 35.5. The maximum atomic E-state index is 14.9. The van der Waals surface area contributed by atoms with Gasteiger partial charge in [0.05, 0.1) is 37.6 Å². The van der Waals surface area contributed by atoms with Gasteiger partial charge in [-0.1, -0.05) is 23.7 Å². The molecule has 242 valence electrons. The van der Waals surface area contributed by atoms with Gasteiger partial charge in [0.15, 0.2) is 17.3 Å². The molecule has 5 heterocycles. The van der Waals surface area contributed by atoms with Crippen molar-refractivity contribution in [2.24, 2.45) is 0 Å². The minimum atomic E-state index is -1.29. The van der Waals surface area contributed by atoms with Crippen LogP contribution in [0.15, 0.2) is 47.0 Å². The van der Waals surface area contributed by atoms with Crippen molar-refractivity contribution >= 4 is 17.6 Å². The van der Waals surface area contributed by atoms with Gasteiger partial charge < -0.3 is 27.9 Å². The maximum absolute atomic E-state index is 14.9. The van der Waals surface area contributed by atoms with Gasteiger partial charge >= 0.3 is 11.9 Å². The number of rotatable bonds is 9. The number of benzene rings is 2. The van der Waals surface area contributed by atoms with Crippen LogP contribution >= 0.6 is 11.6 Å². The van der Waals surface area contributed by atoms with E-state index in [1.54, 1.807) is 26.0 Å². The number of oxazole rings is 1. The van der Waals surface area contributed by atoms with Crippen molar-refractivity contribution < 1.29 is 32.5 Å². The molecule has 46 heavy (non-hydrogen) atoms. The molecule has 0 saturated carbocycles. The molecule has 4 aromatic rings. The van der Waals surface area contributed by atoms with Crippen molar-refractivity contribution in [3.63, 3.8) is 0 Å². The molecule has 0 radical (unpaired) electrons. The molecule has 10 nitrogen and oxygen atoms in total. The Morgan fingerprint density at radius 3 is 2.70 bits per heavy atom. The molecule has 2 atom stereocenters. The highest BCUT2D eigenvalue weighted by Gasteiger charge is 2.43. The number of piperidine rings is 1. The Kier molecular flexibility index (Phi) is 8.25. The average Bonchev–Trinajstić information content (AvgIpc) is 3.71. The van der Waals surface area contributed by atoms with Gasteiger partial charge in [0.25, 0.3) is 5.79 Å². The van der Waals surface area contributed by atoms with Crippen LogP contribution in [-0.4, -0.2) is 57.8 Å². The van der Waals surface area contributed by atoms with Crippen LogP contribution in [0, 0.1) is 12.7 Å². The number of esters is 1. The third-order valence-corrected chi connectivity index (χ3v) is 9.33. The highest BCUT2D eigenvalue weighted by molar-refractivity contribution is 6.30.